The molecular weight excluding hydrogens is 188 g/mol. The Morgan fingerprint density at radius 2 is 2.07 bits per heavy atom. The standard InChI is InChI=1S/C12H26N2O/c1-10(9-14-12-6-7-12)13-8-4-5-11(2)15-3/h10-14H,4-9H2,1-3H3. The molecule has 2 atom stereocenters. The predicted molar refractivity (Wildman–Crippen MR) is 64.2 cm³/mol. The predicted octanol–water partition coefficient (Wildman–Crippen LogP) is 1.53. The zero-order valence-electron chi connectivity index (χ0n) is 10.4. The maximum absolute atomic E-state index is 5.20. The average Bonchev–Trinajstić information content (AvgIpc) is 3.04. The van der Waals surface area contributed by atoms with Gasteiger partial charge < -0.3 is 15.4 Å². The molecule has 2 unspecified atom stereocenters. The minimum Gasteiger partial charge on any atom is -0.382 e. The van der Waals surface area contributed by atoms with Crippen LogP contribution in [0.3, 0.4) is 0 Å². The lowest BCUT2D eigenvalue weighted by atomic mass is 10.2. The molecule has 1 rings (SSSR count). The van der Waals surface area contributed by atoms with Crippen molar-refractivity contribution < 1.29 is 4.74 Å². The Bertz CT molecular complexity index is 160. The van der Waals surface area contributed by atoms with Gasteiger partial charge in [-0.2, -0.15) is 0 Å². The molecule has 3 nitrogen and oxygen atoms in total. The van der Waals surface area contributed by atoms with E-state index < -0.39 is 0 Å². The van der Waals surface area contributed by atoms with E-state index in [0.717, 1.165) is 25.6 Å². The van der Waals surface area contributed by atoms with Crippen LogP contribution in [0.2, 0.25) is 0 Å². The molecule has 90 valence electrons. The van der Waals surface area contributed by atoms with E-state index in [1.54, 1.807) is 7.11 Å². The molecule has 0 aromatic heterocycles. The molecule has 15 heavy (non-hydrogen) atoms. The maximum atomic E-state index is 5.20. The summed E-state index contributed by atoms with van der Waals surface area (Å²) >= 11 is 0. The Kier molecular flexibility index (Phi) is 6.22. The van der Waals surface area contributed by atoms with Gasteiger partial charge in [0.15, 0.2) is 0 Å². The average molecular weight is 214 g/mol. The van der Waals surface area contributed by atoms with E-state index in [9.17, 15) is 0 Å². The van der Waals surface area contributed by atoms with Gasteiger partial charge in [-0.15, -0.1) is 0 Å². The third-order valence-corrected chi connectivity index (χ3v) is 2.97. The molecule has 0 aliphatic heterocycles. The number of rotatable bonds is 9. The van der Waals surface area contributed by atoms with E-state index in [4.69, 9.17) is 4.74 Å². The summed E-state index contributed by atoms with van der Waals surface area (Å²) in [4.78, 5) is 0. The van der Waals surface area contributed by atoms with E-state index in [1.807, 2.05) is 0 Å². The molecule has 1 saturated carbocycles. The van der Waals surface area contributed by atoms with Gasteiger partial charge in [0.25, 0.3) is 0 Å². The Hall–Kier alpha value is -0.120. The summed E-state index contributed by atoms with van der Waals surface area (Å²) in [6.45, 7) is 6.57. The second-order valence-corrected chi connectivity index (χ2v) is 4.73. The monoisotopic (exact) mass is 214 g/mol. The largest absolute Gasteiger partial charge is 0.382 e. The van der Waals surface area contributed by atoms with E-state index in [2.05, 4.69) is 24.5 Å². The van der Waals surface area contributed by atoms with Crippen LogP contribution in [0.1, 0.15) is 39.5 Å². The highest BCUT2D eigenvalue weighted by Crippen LogP contribution is 2.18. The molecule has 1 fully saturated rings. The molecule has 2 N–H and O–H groups in total. The van der Waals surface area contributed by atoms with Gasteiger partial charge in [0.2, 0.25) is 0 Å². The van der Waals surface area contributed by atoms with Crippen LogP contribution < -0.4 is 10.6 Å². The zero-order valence-corrected chi connectivity index (χ0v) is 10.4. The molecule has 0 heterocycles. The van der Waals surface area contributed by atoms with Gasteiger partial charge in [-0.25, -0.2) is 0 Å². The van der Waals surface area contributed by atoms with Crippen LogP contribution in [0.15, 0.2) is 0 Å². The summed E-state index contributed by atoms with van der Waals surface area (Å²) in [7, 11) is 1.78. The minimum atomic E-state index is 0.395. The molecule has 3 heteroatoms. The normalized spacial score (nSPS) is 20.2. The molecule has 0 spiro atoms. The van der Waals surface area contributed by atoms with Crippen molar-refractivity contribution in [2.75, 3.05) is 20.2 Å². The van der Waals surface area contributed by atoms with Crippen LogP contribution in [-0.4, -0.2) is 38.4 Å². The van der Waals surface area contributed by atoms with E-state index in [1.165, 1.54) is 19.3 Å². The first-order valence-corrected chi connectivity index (χ1v) is 6.22. The van der Waals surface area contributed by atoms with Crippen molar-refractivity contribution in [3.05, 3.63) is 0 Å². The molecule has 0 aromatic rings. The molecule has 0 radical (unpaired) electrons. The Balaban J connectivity index is 1.84. The van der Waals surface area contributed by atoms with Crippen molar-refractivity contribution in [1.82, 2.24) is 10.6 Å². The van der Waals surface area contributed by atoms with Crippen LogP contribution in [0.5, 0.6) is 0 Å². The highest BCUT2D eigenvalue weighted by molar-refractivity contribution is 4.82. The van der Waals surface area contributed by atoms with Crippen LogP contribution >= 0.6 is 0 Å². The lowest BCUT2D eigenvalue weighted by molar-refractivity contribution is 0.109. The Morgan fingerprint density at radius 1 is 1.33 bits per heavy atom. The Labute approximate surface area is 94.0 Å². The van der Waals surface area contributed by atoms with Crippen molar-refractivity contribution in [1.29, 1.82) is 0 Å². The SMILES string of the molecule is COC(C)CCCNC(C)CNC1CC1. The topological polar surface area (TPSA) is 33.3 Å². The van der Waals surface area contributed by atoms with Crippen molar-refractivity contribution in [3.63, 3.8) is 0 Å². The molecule has 1 aliphatic carbocycles. The number of hydrogen-bond donors (Lipinski definition) is 2. The van der Waals surface area contributed by atoms with Gasteiger partial charge in [-0.1, -0.05) is 0 Å². The van der Waals surface area contributed by atoms with Crippen molar-refractivity contribution >= 4 is 0 Å². The van der Waals surface area contributed by atoms with E-state index in [-0.39, 0.29) is 0 Å². The smallest absolute Gasteiger partial charge is 0.0543 e. The second kappa shape index (κ2) is 7.20. The van der Waals surface area contributed by atoms with Gasteiger partial charge >= 0.3 is 0 Å². The second-order valence-electron chi connectivity index (χ2n) is 4.73. The zero-order chi connectivity index (χ0) is 11.1. The van der Waals surface area contributed by atoms with Gasteiger partial charge in [-0.3, -0.25) is 0 Å². The lowest BCUT2D eigenvalue weighted by Crippen LogP contribution is -2.37. The quantitative estimate of drug-likeness (QED) is 0.571. The fraction of sp³-hybridized carbons (Fsp3) is 1.00. The van der Waals surface area contributed by atoms with E-state index >= 15 is 0 Å². The van der Waals surface area contributed by atoms with Gasteiger partial charge in [0.1, 0.15) is 0 Å². The summed E-state index contributed by atoms with van der Waals surface area (Å²) in [6.07, 6.45) is 5.48. The van der Waals surface area contributed by atoms with Crippen LogP contribution in [0, 0.1) is 0 Å². The molecule has 0 aromatic carbocycles. The Morgan fingerprint density at radius 3 is 2.67 bits per heavy atom. The first-order valence-electron chi connectivity index (χ1n) is 6.22. The highest BCUT2D eigenvalue weighted by Gasteiger charge is 2.20. The van der Waals surface area contributed by atoms with Crippen LogP contribution in [-0.2, 0) is 4.74 Å². The molecule has 0 saturated heterocycles. The van der Waals surface area contributed by atoms with E-state index in [0.29, 0.717) is 12.1 Å². The lowest BCUT2D eigenvalue weighted by Gasteiger charge is -2.15. The van der Waals surface area contributed by atoms with Crippen molar-refractivity contribution in [3.8, 4) is 0 Å². The summed E-state index contributed by atoms with van der Waals surface area (Å²) in [5, 5.41) is 7.06. The first kappa shape index (κ1) is 12.9. The number of nitrogens with one attached hydrogen (secondary N) is 2. The summed E-state index contributed by atoms with van der Waals surface area (Å²) in [5.41, 5.74) is 0. The molecule has 0 amide bonds. The molecule has 1 aliphatic rings. The number of methoxy groups -OCH3 is 1. The van der Waals surface area contributed by atoms with Crippen molar-refractivity contribution in [2.24, 2.45) is 0 Å². The third kappa shape index (κ3) is 6.88. The fourth-order valence-corrected chi connectivity index (χ4v) is 1.56. The first-order chi connectivity index (χ1) is 7.22. The minimum absolute atomic E-state index is 0.395. The summed E-state index contributed by atoms with van der Waals surface area (Å²) < 4.78 is 5.20. The third-order valence-electron chi connectivity index (χ3n) is 2.97. The van der Waals surface area contributed by atoms with Gasteiger partial charge in [0, 0.05) is 25.7 Å². The summed E-state index contributed by atoms with van der Waals surface area (Å²) in [5.74, 6) is 0. The van der Waals surface area contributed by atoms with Crippen molar-refractivity contribution in [2.45, 2.75) is 57.7 Å². The number of ether oxygens (including phenoxy) is 1. The van der Waals surface area contributed by atoms with Crippen LogP contribution in [0.25, 0.3) is 0 Å². The number of hydrogen-bond acceptors (Lipinski definition) is 3. The summed E-state index contributed by atoms with van der Waals surface area (Å²) in [6, 6.07) is 1.41. The fourth-order valence-electron chi connectivity index (χ4n) is 1.56. The maximum Gasteiger partial charge on any atom is 0.0543 e. The van der Waals surface area contributed by atoms with Gasteiger partial charge in [-0.05, 0) is 46.1 Å². The van der Waals surface area contributed by atoms with Gasteiger partial charge in [0.05, 0.1) is 6.10 Å². The molecule has 0 bridgehead atoms. The van der Waals surface area contributed by atoms with Crippen LogP contribution in [0.4, 0.5) is 0 Å². The molecular formula is C12H26N2O. The highest BCUT2D eigenvalue weighted by atomic mass is 16.5.